The third kappa shape index (κ3) is 4.47. The molecular weight excluding hydrogens is 198 g/mol. The number of terminal acetylenes is 1. The first-order valence-corrected chi connectivity index (χ1v) is 4.41. The van der Waals surface area contributed by atoms with Crippen LogP contribution in [0.5, 0.6) is 0 Å². The highest BCUT2D eigenvalue weighted by Crippen LogP contribution is 2.09. The first-order valence-electron chi connectivity index (χ1n) is 4.41. The molecule has 0 saturated carbocycles. The summed E-state index contributed by atoms with van der Waals surface area (Å²) in [5, 5.41) is 2.36. The molecule has 5 heteroatoms. The van der Waals surface area contributed by atoms with E-state index in [-0.39, 0.29) is 12.5 Å². The van der Waals surface area contributed by atoms with Crippen molar-refractivity contribution in [3.63, 3.8) is 0 Å². The second-order valence-corrected chi connectivity index (χ2v) is 3.01. The van der Waals surface area contributed by atoms with Crippen molar-refractivity contribution in [2.75, 3.05) is 13.7 Å². The van der Waals surface area contributed by atoms with Crippen LogP contribution in [0.4, 0.5) is 0 Å². The lowest BCUT2D eigenvalue weighted by Gasteiger charge is -2.27. The van der Waals surface area contributed by atoms with Crippen molar-refractivity contribution in [3.05, 3.63) is 0 Å². The van der Waals surface area contributed by atoms with Gasteiger partial charge < -0.3 is 14.8 Å². The second kappa shape index (κ2) is 6.04. The Morgan fingerprint density at radius 1 is 1.53 bits per heavy atom. The minimum Gasteiger partial charge on any atom is -0.465 e. The van der Waals surface area contributed by atoms with Gasteiger partial charge in [0.1, 0.15) is 0 Å². The number of carbonyl (C=O) groups excluding carboxylic acids is 2. The summed E-state index contributed by atoms with van der Waals surface area (Å²) < 4.78 is 9.70. The lowest BCUT2D eigenvalue weighted by Crippen LogP contribution is -2.54. The Morgan fingerprint density at radius 2 is 2.13 bits per heavy atom. The highest BCUT2D eigenvalue weighted by molar-refractivity contribution is 5.85. The van der Waals surface area contributed by atoms with E-state index in [1.807, 2.05) is 0 Å². The maximum atomic E-state index is 11.3. The van der Waals surface area contributed by atoms with Crippen molar-refractivity contribution in [3.8, 4) is 12.3 Å². The molecule has 1 amide bonds. The fourth-order valence-electron chi connectivity index (χ4n) is 0.991. The predicted octanol–water partition coefficient (Wildman–Crippen LogP) is 0.0516. The van der Waals surface area contributed by atoms with Crippen LogP contribution in [0.1, 0.15) is 20.3 Å². The average molecular weight is 213 g/mol. The zero-order valence-electron chi connectivity index (χ0n) is 9.12. The van der Waals surface area contributed by atoms with E-state index in [0.29, 0.717) is 6.42 Å². The topological polar surface area (TPSA) is 64.6 Å². The Kier molecular flexibility index (Phi) is 5.42. The molecule has 0 aromatic rings. The lowest BCUT2D eigenvalue weighted by molar-refractivity contribution is -0.174. The number of esters is 1. The Labute approximate surface area is 89.1 Å². The Bertz CT molecular complexity index is 282. The molecule has 0 aliphatic rings. The van der Waals surface area contributed by atoms with Gasteiger partial charge in [-0.05, 0) is 6.92 Å². The van der Waals surface area contributed by atoms with E-state index in [0.717, 1.165) is 0 Å². The molecule has 0 rings (SSSR count). The molecule has 15 heavy (non-hydrogen) atoms. The van der Waals surface area contributed by atoms with E-state index in [1.54, 1.807) is 0 Å². The van der Waals surface area contributed by atoms with Gasteiger partial charge in [0, 0.05) is 13.3 Å². The quantitative estimate of drug-likeness (QED) is 0.303. The number of rotatable bonds is 5. The summed E-state index contributed by atoms with van der Waals surface area (Å²) in [6.07, 6.45) is 5.39. The third-order valence-corrected chi connectivity index (χ3v) is 1.63. The van der Waals surface area contributed by atoms with Crippen LogP contribution in [0.25, 0.3) is 0 Å². The lowest BCUT2D eigenvalue weighted by atomic mass is 10.2. The minimum atomic E-state index is -1.47. The van der Waals surface area contributed by atoms with E-state index in [4.69, 9.17) is 11.2 Å². The van der Waals surface area contributed by atoms with E-state index in [2.05, 4.69) is 16.0 Å². The molecule has 0 aliphatic heterocycles. The molecule has 0 radical (unpaired) electrons. The molecule has 0 spiro atoms. The van der Waals surface area contributed by atoms with Gasteiger partial charge in [0.25, 0.3) is 0 Å². The van der Waals surface area contributed by atoms with E-state index < -0.39 is 11.7 Å². The number of carbonyl (C=O) groups is 2. The van der Waals surface area contributed by atoms with Crippen LogP contribution < -0.4 is 5.32 Å². The molecule has 1 N–H and O–H groups in total. The fraction of sp³-hybridized carbons (Fsp3) is 0.600. The van der Waals surface area contributed by atoms with E-state index in [9.17, 15) is 9.59 Å². The van der Waals surface area contributed by atoms with Crippen LogP contribution in [0.3, 0.4) is 0 Å². The molecular formula is C10H15NO4. The fourth-order valence-corrected chi connectivity index (χ4v) is 0.991. The maximum Gasteiger partial charge on any atom is 0.359 e. The maximum absolute atomic E-state index is 11.3. The zero-order valence-corrected chi connectivity index (χ0v) is 9.12. The summed E-state index contributed by atoms with van der Waals surface area (Å²) in [7, 11) is 1.22. The first-order chi connectivity index (χ1) is 6.96. The molecule has 84 valence electrons. The number of nitrogens with one attached hydrogen (secondary N) is 1. The van der Waals surface area contributed by atoms with Gasteiger partial charge in [0.2, 0.25) is 11.6 Å². The molecule has 0 aliphatic carbocycles. The molecule has 1 unspecified atom stereocenters. The molecule has 0 aromatic carbocycles. The second-order valence-electron chi connectivity index (χ2n) is 3.01. The van der Waals surface area contributed by atoms with Gasteiger partial charge in [-0.3, -0.25) is 4.79 Å². The number of methoxy groups -OCH3 is 1. The summed E-state index contributed by atoms with van der Waals surface area (Å²) in [5.74, 6) is 1.30. The van der Waals surface area contributed by atoms with Crippen molar-refractivity contribution in [2.45, 2.75) is 26.0 Å². The van der Waals surface area contributed by atoms with Crippen molar-refractivity contribution in [2.24, 2.45) is 0 Å². The van der Waals surface area contributed by atoms with Gasteiger partial charge in [0.15, 0.2) is 0 Å². The molecule has 0 heterocycles. The summed E-state index contributed by atoms with van der Waals surface area (Å²) >= 11 is 0. The Morgan fingerprint density at radius 3 is 2.53 bits per heavy atom. The summed E-state index contributed by atoms with van der Waals surface area (Å²) in [6.45, 7) is 2.87. The molecule has 5 nitrogen and oxygen atoms in total. The summed E-state index contributed by atoms with van der Waals surface area (Å²) in [5.41, 5.74) is -1.47. The van der Waals surface area contributed by atoms with Crippen LogP contribution >= 0.6 is 0 Å². The third-order valence-electron chi connectivity index (χ3n) is 1.63. The van der Waals surface area contributed by atoms with Crippen LogP contribution in [0, 0.1) is 12.3 Å². The van der Waals surface area contributed by atoms with Crippen molar-refractivity contribution >= 4 is 11.9 Å². The molecule has 0 aromatic heterocycles. The molecule has 1 atom stereocenters. The average Bonchev–Trinajstić information content (AvgIpc) is 2.15. The van der Waals surface area contributed by atoms with Crippen LogP contribution in [0.15, 0.2) is 0 Å². The molecule has 0 bridgehead atoms. The van der Waals surface area contributed by atoms with Gasteiger partial charge in [-0.1, -0.05) is 0 Å². The van der Waals surface area contributed by atoms with Crippen LogP contribution in [-0.2, 0) is 19.1 Å². The highest BCUT2D eigenvalue weighted by Gasteiger charge is 2.36. The largest absolute Gasteiger partial charge is 0.465 e. The summed E-state index contributed by atoms with van der Waals surface area (Å²) in [6, 6.07) is 0. The Hall–Kier alpha value is -1.54. The van der Waals surface area contributed by atoms with Gasteiger partial charge in [-0.15, -0.1) is 12.3 Å². The van der Waals surface area contributed by atoms with Gasteiger partial charge in [-0.25, -0.2) is 4.79 Å². The highest BCUT2D eigenvalue weighted by atomic mass is 16.6. The van der Waals surface area contributed by atoms with E-state index in [1.165, 1.54) is 21.0 Å². The monoisotopic (exact) mass is 213 g/mol. The van der Waals surface area contributed by atoms with Gasteiger partial charge >= 0.3 is 5.97 Å². The predicted molar refractivity (Wildman–Crippen MR) is 53.6 cm³/mol. The SMILES string of the molecule is C#CCCOC(C)(NC(C)=O)C(=O)OC. The number of ether oxygens (including phenoxy) is 2. The standard InChI is InChI=1S/C10H15NO4/c1-5-6-7-15-10(3,9(13)14-4)11-8(2)12/h1H,6-7H2,2-4H3,(H,11,12). The van der Waals surface area contributed by atoms with Crippen LogP contribution in [0.2, 0.25) is 0 Å². The van der Waals surface area contributed by atoms with Crippen molar-refractivity contribution < 1.29 is 19.1 Å². The van der Waals surface area contributed by atoms with Crippen molar-refractivity contribution in [1.29, 1.82) is 0 Å². The van der Waals surface area contributed by atoms with Gasteiger partial charge in [-0.2, -0.15) is 0 Å². The van der Waals surface area contributed by atoms with Crippen LogP contribution in [-0.4, -0.2) is 31.3 Å². The normalized spacial score (nSPS) is 13.5. The van der Waals surface area contributed by atoms with Crippen molar-refractivity contribution in [1.82, 2.24) is 5.32 Å². The number of hydrogen-bond acceptors (Lipinski definition) is 4. The summed E-state index contributed by atoms with van der Waals surface area (Å²) in [4.78, 5) is 22.2. The minimum absolute atomic E-state index is 0.169. The van der Waals surface area contributed by atoms with E-state index >= 15 is 0 Å². The first kappa shape index (κ1) is 13.5. The smallest absolute Gasteiger partial charge is 0.359 e. The number of hydrogen-bond donors (Lipinski definition) is 1. The Balaban J connectivity index is 4.48. The molecule has 0 fully saturated rings. The number of amides is 1. The zero-order chi connectivity index (χ0) is 11.9. The van der Waals surface area contributed by atoms with Gasteiger partial charge in [0.05, 0.1) is 13.7 Å². The molecule has 0 saturated heterocycles.